The number of imidazole rings is 1. The number of allylic oxidation sites excluding steroid dienone is 1. The first-order valence-corrected chi connectivity index (χ1v) is 9.24. The van der Waals surface area contributed by atoms with Crippen LogP contribution in [-0.2, 0) is 25.6 Å². The van der Waals surface area contributed by atoms with E-state index < -0.39 is 29.1 Å². The number of nitrogens with one attached hydrogen (secondary N) is 1. The minimum absolute atomic E-state index is 0.0147. The Morgan fingerprint density at radius 3 is 2.47 bits per heavy atom. The smallest absolute Gasteiger partial charge is 0.334 e. The second-order valence-corrected chi connectivity index (χ2v) is 6.78. The van der Waals surface area contributed by atoms with Crippen LogP contribution < -0.4 is 5.32 Å². The molecule has 0 amide bonds. The molecule has 3 N–H and O–H groups in total. The van der Waals surface area contributed by atoms with Crippen molar-refractivity contribution in [2.24, 2.45) is 0 Å². The number of hydrogen-bond acceptors (Lipinski definition) is 8. The third kappa shape index (κ3) is 4.36. The fraction of sp³-hybridized carbons (Fsp3) is 0.250. The summed E-state index contributed by atoms with van der Waals surface area (Å²) in [6.07, 6.45) is 3.43. The van der Waals surface area contributed by atoms with Gasteiger partial charge < -0.3 is 29.6 Å². The molecule has 1 aliphatic heterocycles. The molecule has 0 bridgehead atoms. The number of hydrogen-bond donors (Lipinski definition) is 3. The number of carbonyl (C=O) groups is 2. The highest BCUT2D eigenvalue weighted by molar-refractivity contribution is 5.98. The standard InChI is InChI=1S/C20H20N4O8/c1-31-20(32-2)17-16(19(27)28)14(11-4-3-5-12(8-11)24(29)30)15(18(25)26)13(22-17)9-23-7-6-21-10-23/h3-8,10,14,20,22H,9H2,1-2H3,(H,25,26)(H,27,28). The number of aliphatic carboxylic acids is 2. The molecular formula is C20H20N4O8. The molecule has 168 valence electrons. The topological polar surface area (TPSA) is 166 Å². The number of methoxy groups -OCH3 is 2. The largest absolute Gasteiger partial charge is 0.478 e. The minimum Gasteiger partial charge on any atom is -0.478 e. The number of nitro groups is 1. The van der Waals surface area contributed by atoms with Crippen molar-refractivity contribution in [1.82, 2.24) is 14.9 Å². The van der Waals surface area contributed by atoms with E-state index in [1.165, 1.54) is 44.9 Å². The van der Waals surface area contributed by atoms with Crippen LogP contribution in [-0.4, -0.2) is 57.1 Å². The van der Waals surface area contributed by atoms with Crippen LogP contribution in [0.5, 0.6) is 0 Å². The van der Waals surface area contributed by atoms with E-state index in [4.69, 9.17) is 9.47 Å². The van der Waals surface area contributed by atoms with Gasteiger partial charge >= 0.3 is 11.9 Å². The molecule has 3 rings (SSSR count). The van der Waals surface area contributed by atoms with Gasteiger partial charge in [0.25, 0.3) is 5.69 Å². The SMILES string of the molecule is COC(OC)C1=C(C(=O)O)C(c2cccc([N+](=O)[O-])c2)C(C(=O)O)=C(Cn2ccnc2)N1. The van der Waals surface area contributed by atoms with Crippen LogP contribution in [0, 0.1) is 10.1 Å². The number of dihydropyridines is 1. The zero-order valence-corrected chi connectivity index (χ0v) is 17.1. The molecule has 0 fully saturated rings. The molecule has 2 aromatic rings. The summed E-state index contributed by atoms with van der Waals surface area (Å²) >= 11 is 0. The predicted molar refractivity (Wildman–Crippen MR) is 108 cm³/mol. The summed E-state index contributed by atoms with van der Waals surface area (Å²) in [6, 6.07) is 5.20. The molecule has 0 spiro atoms. The molecule has 2 heterocycles. The zero-order chi connectivity index (χ0) is 23.4. The van der Waals surface area contributed by atoms with Gasteiger partial charge in [-0.05, 0) is 5.56 Å². The summed E-state index contributed by atoms with van der Waals surface area (Å²) in [5, 5.41) is 34.2. The Morgan fingerprint density at radius 1 is 1.25 bits per heavy atom. The van der Waals surface area contributed by atoms with E-state index in [0.29, 0.717) is 0 Å². The molecule has 1 aromatic heterocycles. The maximum Gasteiger partial charge on any atom is 0.334 e. The van der Waals surface area contributed by atoms with Gasteiger partial charge in [0, 0.05) is 44.4 Å². The quantitative estimate of drug-likeness (QED) is 0.293. The average Bonchev–Trinajstić information content (AvgIpc) is 3.26. The van der Waals surface area contributed by atoms with Gasteiger partial charge in [0.05, 0.1) is 40.6 Å². The van der Waals surface area contributed by atoms with E-state index in [1.807, 2.05) is 0 Å². The van der Waals surface area contributed by atoms with Crippen molar-refractivity contribution in [3.05, 3.63) is 81.2 Å². The lowest BCUT2D eigenvalue weighted by molar-refractivity contribution is -0.384. The predicted octanol–water partition coefficient (Wildman–Crippen LogP) is 1.47. The van der Waals surface area contributed by atoms with Crippen LogP contribution in [0.4, 0.5) is 5.69 Å². The van der Waals surface area contributed by atoms with Crippen molar-refractivity contribution in [3.8, 4) is 0 Å². The highest BCUT2D eigenvalue weighted by Gasteiger charge is 2.41. The highest BCUT2D eigenvalue weighted by Crippen LogP contribution is 2.40. The van der Waals surface area contributed by atoms with Gasteiger partial charge in [-0.15, -0.1) is 0 Å². The third-order valence-electron chi connectivity index (χ3n) is 4.92. The van der Waals surface area contributed by atoms with E-state index in [-0.39, 0.29) is 40.3 Å². The monoisotopic (exact) mass is 444 g/mol. The van der Waals surface area contributed by atoms with Gasteiger partial charge in [-0.25, -0.2) is 14.6 Å². The number of ether oxygens (including phenoxy) is 2. The molecule has 1 aromatic carbocycles. The van der Waals surface area contributed by atoms with Crippen LogP contribution in [0.3, 0.4) is 0 Å². The normalized spacial score (nSPS) is 16.3. The molecule has 0 radical (unpaired) electrons. The number of non-ortho nitro benzene ring substituents is 1. The molecule has 32 heavy (non-hydrogen) atoms. The summed E-state index contributed by atoms with van der Waals surface area (Å²) in [4.78, 5) is 39.3. The number of nitrogens with zero attached hydrogens (tertiary/aromatic N) is 3. The van der Waals surface area contributed by atoms with Gasteiger partial charge in [0.15, 0.2) is 6.29 Å². The second kappa shape index (κ2) is 9.41. The number of carboxylic acid groups (broad SMARTS) is 2. The number of carboxylic acids is 2. The molecule has 0 saturated heterocycles. The van der Waals surface area contributed by atoms with Gasteiger partial charge in [-0.1, -0.05) is 12.1 Å². The van der Waals surface area contributed by atoms with Crippen molar-refractivity contribution in [2.75, 3.05) is 14.2 Å². The zero-order valence-electron chi connectivity index (χ0n) is 17.1. The lowest BCUT2D eigenvalue weighted by atomic mass is 9.79. The summed E-state index contributed by atoms with van der Waals surface area (Å²) in [5.41, 5.74) is -0.659. The molecular weight excluding hydrogens is 424 g/mol. The Kier molecular flexibility index (Phi) is 6.66. The molecule has 1 atom stereocenters. The number of rotatable bonds is 9. The average molecular weight is 444 g/mol. The Morgan fingerprint density at radius 2 is 1.94 bits per heavy atom. The number of nitro benzene ring substituents is 1. The van der Waals surface area contributed by atoms with Crippen LogP contribution in [0.1, 0.15) is 11.5 Å². The molecule has 12 heteroatoms. The lowest BCUT2D eigenvalue weighted by Gasteiger charge is -2.33. The van der Waals surface area contributed by atoms with E-state index in [1.54, 1.807) is 10.8 Å². The molecule has 1 aliphatic rings. The third-order valence-corrected chi connectivity index (χ3v) is 4.92. The van der Waals surface area contributed by atoms with Crippen molar-refractivity contribution in [1.29, 1.82) is 0 Å². The van der Waals surface area contributed by atoms with Gasteiger partial charge in [0.2, 0.25) is 0 Å². The Labute approximate surface area is 181 Å². The first-order valence-electron chi connectivity index (χ1n) is 9.24. The van der Waals surface area contributed by atoms with Crippen LogP contribution in [0.15, 0.2) is 65.5 Å². The van der Waals surface area contributed by atoms with Gasteiger partial charge in [-0.2, -0.15) is 0 Å². The fourth-order valence-electron chi connectivity index (χ4n) is 3.62. The van der Waals surface area contributed by atoms with Crippen molar-refractivity contribution < 1.29 is 34.2 Å². The van der Waals surface area contributed by atoms with Gasteiger partial charge in [-0.3, -0.25) is 10.1 Å². The highest BCUT2D eigenvalue weighted by atomic mass is 16.7. The lowest BCUT2D eigenvalue weighted by Crippen LogP contribution is -2.39. The van der Waals surface area contributed by atoms with Crippen LogP contribution in [0.25, 0.3) is 0 Å². The maximum absolute atomic E-state index is 12.3. The van der Waals surface area contributed by atoms with E-state index in [9.17, 15) is 29.9 Å². The Balaban J connectivity index is 2.31. The van der Waals surface area contributed by atoms with E-state index in [2.05, 4.69) is 10.3 Å². The molecule has 0 saturated carbocycles. The fourth-order valence-corrected chi connectivity index (χ4v) is 3.62. The van der Waals surface area contributed by atoms with Crippen molar-refractivity contribution >= 4 is 17.6 Å². The molecule has 12 nitrogen and oxygen atoms in total. The Bertz CT molecular complexity index is 1100. The van der Waals surface area contributed by atoms with E-state index >= 15 is 0 Å². The number of aromatic nitrogens is 2. The first-order chi connectivity index (χ1) is 15.3. The van der Waals surface area contributed by atoms with Gasteiger partial charge in [0.1, 0.15) is 0 Å². The summed E-state index contributed by atoms with van der Waals surface area (Å²) in [5.74, 6) is -4.15. The summed E-state index contributed by atoms with van der Waals surface area (Å²) < 4.78 is 12.1. The Hall–Kier alpha value is -4.03. The first kappa shape index (κ1) is 22.7. The summed E-state index contributed by atoms with van der Waals surface area (Å²) in [7, 11) is 2.60. The van der Waals surface area contributed by atoms with Crippen molar-refractivity contribution in [3.63, 3.8) is 0 Å². The number of benzene rings is 1. The second-order valence-electron chi connectivity index (χ2n) is 6.78. The van der Waals surface area contributed by atoms with E-state index in [0.717, 1.165) is 6.07 Å². The van der Waals surface area contributed by atoms with Crippen LogP contribution >= 0.6 is 0 Å². The summed E-state index contributed by atoms with van der Waals surface area (Å²) in [6.45, 7) is 0.0175. The maximum atomic E-state index is 12.3. The minimum atomic E-state index is -1.43. The molecule has 0 aliphatic carbocycles. The van der Waals surface area contributed by atoms with Crippen molar-refractivity contribution in [2.45, 2.75) is 18.8 Å². The van der Waals surface area contributed by atoms with Crippen LogP contribution in [0.2, 0.25) is 0 Å². The molecule has 1 unspecified atom stereocenters.